The Bertz CT molecular complexity index is 459. The van der Waals surface area contributed by atoms with Crippen molar-refractivity contribution in [3.05, 3.63) is 28.8 Å². The quantitative estimate of drug-likeness (QED) is 0.846. The van der Waals surface area contributed by atoms with Gasteiger partial charge < -0.3 is 15.8 Å². The van der Waals surface area contributed by atoms with E-state index in [-0.39, 0.29) is 12.5 Å². The van der Waals surface area contributed by atoms with Crippen LogP contribution >= 0.6 is 11.6 Å². The fourth-order valence-electron chi connectivity index (χ4n) is 2.52. The summed E-state index contributed by atoms with van der Waals surface area (Å²) in [5.74, 6) is 0.618. The Morgan fingerprint density at radius 3 is 2.85 bits per heavy atom. The number of amides is 1. The highest BCUT2D eigenvalue weighted by molar-refractivity contribution is 6.30. The smallest absolute Gasteiger partial charge is 0.258 e. The van der Waals surface area contributed by atoms with Crippen LogP contribution in [0.15, 0.2) is 18.2 Å². The van der Waals surface area contributed by atoms with Crippen LogP contribution in [-0.4, -0.2) is 25.1 Å². The molecule has 0 bridgehead atoms. The van der Waals surface area contributed by atoms with Gasteiger partial charge >= 0.3 is 0 Å². The highest BCUT2D eigenvalue weighted by Crippen LogP contribution is 2.23. The number of carbonyl (C=O) groups excluding carboxylic acids is 1. The molecule has 0 spiro atoms. The van der Waals surface area contributed by atoms with Gasteiger partial charge in [-0.15, -0.1) is 0 Å². The Hall–Kier alpha value is -1.26. The van der Waals surface area contributed by atoms with E-state index >= 15 is 0 Å². The molecule has 0 radical (unpaired) electrons. The minimum Gasteiger partial charge on any atom is -0.483 e. The van der Waals surface area contributed by atoms with Gasteiger partial charge in [0.05, 0.1) is 0 Å². The molecule has 110 valence electrons. The highest BCUT2D eigenvalue weighted by Gasteiger charge is 2.17. The molecule has 3 N–H and O–H groups in total. The first kappa shape index (κ1) is 15.1. The predicted octanol–water partition coefficient (Wildman–Crippen LogP) is 2.28. The van der Waals surface area contributed by atoms with E-state index in [9.17, 15) is 4.79 Å². The molecular weight excluding hydrogens is 276 g/mol. The number of nitrogens with two attached hydrogens (primary N) is 1. The van der Waals surface area contributed by atoms with E-state index in [1.807, 2.05) is 6.07 Å². The summed E-state index contributed by atoms with van der Waals surface area (Å²) >= 11 is 5.95. The van der Waals surface area contributed by atoms with Gasteiger partial charge in [-0.3, -0.25) is 4.79 Å². The molecule has 0 heterocycles. The van der Waals surface area contributed by atoms with E-state index in [0.717, 1.165) is 18.4 Å². The third-order valence-electron chi connectivity index (χ3n) is 3.52. The molecule has 1 amide bonds. The number of ether oxygens (including phenoxy) is 1. The standard InChI is InChI=1S/C15H21ClN2O2/c16-12-5-6-14(11(9-12)7-8-17)20-10-15(19)18-13-3-1-2-4-13/h5-6,9,13H,1-4,7-8,10,17H2,(H,18,19). The maximum atomic E-state index is 11.8. The lowest BCUT2D eigenvalue weighted by Gasteiger charge is -2.14. The fraction of sp³-hybridized carbons (Fsp3) is 0.533. The summed E-state index contributed by atoms with van der Waals surface area (Å²) in [7, 11) is 0. The second-order valence-corrected chi connectivity index (χ2v) is 5.56. The Morgan fingerprint density at radius 2 is 2.15 bits per heavy atom. The van der Waals surface area contributed by atoms with Gasteiger partial charge in [0.15, 0.2) is 6.61 Å². The Morgan fingerprint density at radius 1 is 1.40 bits per heavy atom. The number of rotatable bonds is 6. The summed E-state index contributed by atoms with van der Waals surface area (Å²) in [5.41, 5.74) is 6.51. The predicted molar refractivity (Wildman–Crippen MR) is 80.1 cm³/mol. The zero-order valence-electron chi connectivity index (χ0n) is 11.5. The normalized spacial score (nSPS) is 15.3. The molecule has 20 heavy (non-hydrogen) atoms. The van der Waals surface area contributed by atoms with Crippen LogP contribution in [-0.2, 0) is 11.2 Å². The first-order valence-corrected chi connectivity index (χ1v) is 7.47. The first-order chi connectivity index (χ1) is 9.69. The Balaban J connectivity index is 1.87. The van der Waals surface area contributed by atoms with Crippen molar-refractivity contribution in [1.29, 1.82) is 0 Å². The molecule has 0 atom stereocenters. The van der Waals surface area contributed by atoms with Crippen molar-refractivity contribution in [2.75, 3.05) is 13.2 Å². The summed E-state index contributed by atoms with van der Waals surface area (Å²) in [6.07, 6.45) is 5.23. The average Bonchev–Trinajstić information content (AvgIpc) is 2.91. The van der Waals surface area contributed by atoms with Gasteiger partial charge in [0, 0.05) is 11.1 Å². The average molecular weight is 297 g/mol. The zero-order chi connectivity index (χ0) is 14.4. The maximum absolute atomic E-state index is 11.8. The number of carbonyl (C=O) groups is 1. The van der Waals surface area contributed by atoms with Crippen LogP contribution < -0.4 is 15.8 Å². The van der Waals surface area contributed by atoms with Gasteiger partial charge in [-0.05, 0) is 49.6 Å². The Kier molecular flexibility index (Phi) is 5.68. The number of benzene rings is 1. The molecule has 0 saturated heterocycles. The minimum absolute atomic E-state index is 0.0374. The maximum Gasteiger partial charge on any atom is 0.258 e. The molecule has 5 heteroatoms. The first-order valence-electron chi connectivity index (χ1n) is 7.09. The van der Waals surface area contributed by atoms with Gasteiger partial charge in [-0.25, -0.2) is 0 Å². The molecule has 0 unspecified atom stereocenters. The van der Waals surface area contributed by atoms with Crippen LogP contribution in [0.25, 0.3) is 0 Å². The van der Waals surface area contributed by atoms with Crippen LogP contribution in [0.2, 0.25) is 5.02 Å². The number of hydrogen-bond acceptors (Lipinski definition) is 3. The molecule has 1 saturated carbocycles. The van der Waals surface area contributed by atoms with Crippen molar-refractivity contribution >= 4 is 17.5 Å². The van der Waals surface area contributed by atoms with Crippen LogP contribution in [0.5, 0.6) is 5.75 Å². The summed E-state index contributed by atoms with van der Waals surface area (Å²) < 4.78 is 5.59. The van der Waals surface area contributed by atoms with Gasteiger partial charge in [-0.1, -0.05) is 24.4 Å². The lowest BCUT2D eigenvalue weighted by atomic mass is 10.1. The van der Waals surface area contributed by atoms with E-state index in [2.05, 4.69) is 5.32 Å². The minimum atomic E-state index is -0.0643. The SMILES string of the molecule is NCCc1cc(Cl)ccc1OCC(=O)NC1CCCC1. The summed E-state index contributed by atoms with van der Waals surface area (Å²) in [5, 5.41) is 3.65. The third kappa shape index (κ3) is 4.39. The fourth-order valence-corrected chi connectivity index (χ4v) is 2.72. The molecule has 1 aliphatic carbocycles. The topological polar surface area (TPSA) is 64.3 Å². The second-order valence-electron chi connectivity index (χ2n) is 5.13. The molecule has 1 aromatic carbocycles. The largest absolute Gasteiger partial charge is 0.483 e. The van der Waals surface area contributed by atoms with E-state index in [4.69, 9.17) is 22.1 Å². The molecule has 1 aliphatic rings. The monoisotopic (exact) mass is 296 g/mol. The molecule has 0 aromatic heterocycles. The van der Waals surface area contributed by atoms with Crippen LogP contribution in [0.3, 0.4) is 0 Å². The van der Waals surface area contributed by atoms with E-state index < -0.39 is 0 Å². The molecule has 1 fully saturated rings. The lowest BCUT2D eigenvalue weighted by molar-refractivity contribution is -0.123. The number of halogens is 1. The van der Waals surface area contributed by atoms with Crippen molar-refractivity contribution in [3.63, 3.8) is 0 Å². The summed E-state index contributed by atoms with van der Waals surface area (Å²) in [6, 6.07) is 5.69. The van der Waals surface area contributed by atoms with E-state index in [0.29, 0.717) is 29.8 Å². The van der Waals surface area contributed by atoms with E-state index in [1.165, 1.54) is 12.8 Å². The van der Waals surface area contributed by atoms with Crippen LogP contribution in [0, 0.1) is 0 Å². The summed E-state index contributed by atoms with van der Waals surface area (Å²) in [6.45, 7) is 0.556. The van der Waals surface area contributed by atoms with Crippen LogP contribution in [0.4, 0.5) is 0 Å². The van der Waals surface area contributed by atoms with E-state index in [1.54, 1.807) is 12.1 Å². The van der Waals surface area contributed by atoms with Crippen molar-refractivity contribution in [2.24, 2.45) is 5.73 Å². The van der Waals surface area contributed by atoms with Crippen molar-refractivity contribution in [3.8, 4) is 5.75 Å². The van der Waals surface area contributed by atoms with Crippen molar-refractivity contribution < 1.29 is 9.53 Å². The van der Waals surface area contributed by atoms with Crippen LogP contribution in [0.1, 0.15) is 31.2 Å². The molecule has 0 aliphatic heterocycles. The van der Waals surface area contributed by atoms with Crippen molar-refractivity contribution in [1.82, 2.24) is 5.32 Å². The highest BCUT2D eigenvalue weighted by atomic mass is 35.5. The third-order valence-corrected chi connectivity index (χ3v) is 3.75. The van der Waals surface area contributed by atoms with Gasteiger partial charge in [0.1, 0.15) is 5.75 Å². The van der Waals surface area contributed by atoms with Gasteiger partial charge in [0.2, 0.25) is 0 Å². The molecule has 1 aromatic rings. The second kappa shape index (κ2) is 7.50. The molecule has 2 rings (SSSR count). The molecule has 4 nitrogen and oxygen atoms in total. The van der Waals surface area contributed by atoms with Gasteiger partial charge in [-0.2, -0.15) is 0 Å². The Labute approximate surface area is 124 Å². The van der Waals surface area contributed by atoms with Crippen molar-refractivity contribution in [2.45, 2.75) is 38.1 Å². The number of nitrogens with one attached hydrogen (secondary N) is 1. The molecular formula is C15H21ClN2O2. The number of hydrogen-bond donors (Lipinski definition) is 2. The zero-order valence-corrected chi connectivity index (χ0v) is 12.3. The summed E-state index contributed by atoms with van der Waals surface area (Å²) in [4.78, 5) is 11.8. The lowest BCUT2D eigenvalue weighted by Crippen LogP contribution is -2.36. The van der Waals surface area contributed by atoms with Gasteiger partial charge in [0.25, 0.3) is 5.91 Å².